The zero-order valence-corrected chi connectivity index (χ0v) is 7.92. The Balaban J connectivity index is 2.48. The smallest absolute Gasteiger partial charge is 0.338 e. The van der Waals surface area contributed by atoms with Crippen molar-refractivity contribution in [2.24, 2.45) is 0 Å². The second kappa shape index (κ2) is 5.34. The summed E-state index contributed by atoms with van der Waals surface area (Å²) in [6.45, 7) is 0.916. The molecule has 0 aliphatic heterocycles. The van der Waals surface area contributed by atoms with Gasteiger partial charge in [-0.15, -0.1) is 0 Å². The first-order valence-corrected chi connectivity index (χ1v) is 4.31. The van der Waals surface area contributed by atoms with Crippen LogP contribution in [0, 0.1) is 5.82 Å². The molecule has 0 radical (unpaired) electrons. The van der Waals surface area contributed by atoms with Crippen molar-refractivity contribution in [3.63, 3.8) is 0 Å². The summed E-state index contributed by atoms with van der Waals surface area (Å²) in [6, 6.07) is 5.26. The van der Waals surface area contributed by atoms with Gasteiger partial charge in [0.05, 0.1) is 5.56 Å². The van der Waals surface area contributed by atoms with Gasteiger partial charge < -0.3 is 10.1 Å². The predicted molar refractivity (Wildman–Crippen MR) is 50.6 cm³/mol. The van der Waals surface area contributed by atoms with Crippen molar-refractivity contribution in [3.8, 4) is 0 Å². The summed E-state index contributed by atoms with van der Waals surface area (Å²) in [7, 11) is 1.77. The van der Waals surface area contributed by atoms with Gasteiger partial charge in [-0.3, -0.25) is 0 Å². The number of carbonyl (C=O) groups is 1. The molecule has 0 amide bonds. The van der Waals surface area contributed by atoms with Crippen molar-refractivity contribution in [3.05, 3.63) is 35.6 Å². The number of hydrogen-bond donors (Lipinski definition) is 1. The fourth-order valence-corrected chi connectivity index (χ4v) is 0.915. The van der Waals surface area contributed by atoms with Crippen molar-refractivity contribution in [2.75, 3.05) is 20.2 Å². The zero-order valence-electron chi connectivity index (χ0n) is 7.92. The topological polar surface area (TPSA) is 38.3 Å². The van der Waals surface area contributed by atoms with E-state index < -0.39 is 5.97 Å². The van der Waals surface area contributed by atoms with Crippen LogP contribution in [0.4, 0.5) is 4.39 Å². The summed E-state index contributed by atoms with van der Waals surface area (Å²) in [5, 5.41) is 2.85. The number of carbonyl (C=O) groups excluding carboxylic acids is 1. The van der Waals surface area contributed by atoms with Crippen LogP contribution in [0.15, 0.2) is 24.3 Å². The van der Waals surface area contributed by atoms with Gasteiger partial charge in [-0.1, -0.05) is 0 Å². The highest BCUT2D eigenvalue weighted by Gasteiger charge is 2.05. The van der Waals surface area contributed by atoms with Gasteiger partial charge in [-0.05, 0) is 31.3 Å². The van der Waals surface area contributed by atoms with Gasteiger partial charge >= 0.3 is 5.97 Å². The van der Waals surface area contributed by atoms with E-state index in [1.54, 1.807) is 7.05 Å². The zero-order chi connectivity index (χ0) is 10.4. The molecule has 0 aliphatic rings. The third-order valence-corrected chi connectivity index (χ3v) is 1.67. The minimum absolute atomic E-state index is 0.312. The van der Waals surface area contributed by atoms with E-state index in [9.17, 15) is 9.18 Å². The van der Waals surface area contributed by atoms with Gasteiger partial charge in [0.25, 0.3) is 0 Å². The lowest BCUT2D eigenvalue weighted by Crippen LogP contribution is -2.17. The van der Waals surface area contributed by atoms with Crippen LogP contribution >= 0.6 is 0 Å². The number of esters is 1. The third-order valence-electron chi connectivity index (χ3n) is 1.67. The second-order valence-electron chi connectivity index (χ2n) is 2.75. The molecule has 0 fully saturated rings. The molecule has 1 aromatic rings. The molecule has 0 bridgehead atoms. The Hall–Kier alpha value is -1.42. The monoisotopic (exact) mass is 197 g/mol. The lowest BCUT2D eigenvalue weighted by atomic mass is 10.2. The second-order valence-corrected chi connectivity index (χ2v) is 2.75. The van der Waals surface area contributed by atoms with Gasteiger partial charge in [0.2, 0.25) is 0 Å². The van der Waals surface area contributed by atoms with Crippen molar-refractivity contribution < 1.29 is 13.9 Å². The molecule has 1 rings (SSSR count). The highest BCUT2D eigenvalue weighted by atomic mass is 19.1. The first kappa shape index (κ1) is 10.7. The fraction of sp³-hybridized carbons (Fsp3) is 0.300. The molecular formula is C10H12FNO2. The largest absolute Gasteiger partial charge is 0.461 e. The van der Waals surface area contributed by atoms with Crippen LogP contribution in [0.1, 0.15) is 10.4 Å². The third kappa shape index (κ3) is 3.14. The fourth-order valence-electron chi connectivity index (χ4n) is 0.915. The Morgan fingerprint density at radius 3 is 2.64 bits per heavy atom. The molecule has 1 aromatic carbocycles. The number of hydrogen-bond acceptors (Lipinski definition) is 3. The standard InChI is InChI=1S/C10H12FNO2/c1-12-6-7-14-10(13)8-2-4-9(11)5-3-8/h2-5,12H,6-7H2,1H3. The molecule has 0 aliphatic carbocycles. The average Bonchev–Trinajstić information content (AvgIpc) is 2.19. The summed E-state index contributed by atoms with van der Waals surface area (Å²) < 4.78 is 17.4. The maximum atomic E-state index is 12.5. The molecule has 0 spiro atoms. The van der Waals surface area contributed by atoms with E-state index in [0.29, 0.717) is 18.7 Å². The molecule has 4 heteroatoms. The molecular weight excluding hydrogens is 185 g/mol. The van der Waals surface area contributed by atoms with E-state index in [4.69, 9.17) is 4.74 Å². The maximum Gasteiger partial charge on any atom is 0.338 e. The van der Waals surface area contributed by atoms with E-state index in [2.05, 4.69) is 5.32 Å². The van der Waals surface area contributed by atoms with Gasteiger partial charge in [0, 0.05) is 6.54 Å². The van der Waals surface area contributed by atoms with E-state index in [-0.39, 0.29) is 5.82 Å². The SMILES string of the molecule is CNCCOC(=O)c1ccc(F)cc1. The van der Waals surface area contributed by atoms with E-state index in [1.807, 2.05) is 0 Å². The van der Waals surface area contributed by atoms with Crippen molar-refractivity contribution in [1.82, 2.24) is 5.32 Å². The molecule has 14 heavy (non-hydrogen) atoms. The number of likely N-dealkylation sites (N-methyl/N-ethyl adjacent to an activating group) is 1. The molecule has 3 nitrogen and oxygen atoms in total. The van der Waals surface area contributed by atoms with Gasteiger partial charge in [0.1, 0.15) is 12.4 Å². The number of benzene rings is 1. The summed E-state index contributed by atoms with van der Waals surface area (Å²) in [5.41, 5.74) is 0.363. The summed E-state index contributed by atoms with van der Waals surface area (Å²) >= 11 is 0. The minimum atomic E-state index is -0.430. The van der Waals surface area contributed by atoms with Gasteiger partial charge in [0.15, 0.2) is 0 Å². The molecule has 0 aromatic heterocycles. The van der Waals surface area contributed by atoms with Crippen LogP contribution in [0.25, 0.3) is 0 Å². The Morgan fingerprint density at radius 1 is 1.43 bits per heavy atom. The van der Waals surface area contributed by atoms with E-state index >= 15 is 0 Å². The van der Waals surface area contributed by atoms with E-state index in [0.717, 1.165) is 0 Å². The van der Waals surface area contributed by atoms with E-state index in [1.165, 1.54) is 24.3 Å². The van der Waals surface area contributed by atoms with Crippen molar-refractivity contribution >= 4 is 5.97 Å². The lowest BCUT2D eigenvalue weighted by Gasteiger charge is -2.03. The minimum Gasteiger partial charge on any atom is -0.461 e. The quantitative estimate of drug-likeness (QED) is 0.582. The van der Waals surface area contributed by atoms with Crippen LogP contribution in [-0.2, 0) is 4.74 Å². The Morgan fingerprint density at radius 2 is 2.07 bits per heavy atom. The van der Waals surface area contributed by atoms with Crippen molar-refractivity contribution in [1.29, 1.82) is 0 Å². The number of rotatable bonds is 4. The predicted octanol–water partition coefficient (Wildman–Crippen LogP) is 1.20. The highest BCUT2D eigenvalue weighted by molar-refractivity contribution is 5.89. The van der Waals surface area contributed by atoms with Crippen LogP contribution in [0.2, 0.25) is 0 Å². The van der Waals surface area contributed by atoms with Crippen LogP contribution in [0.5, 0.6) is 0 Å². The van der Waals surface area contributed by atoms with Crippen LogP contribution in [-0.4, -0.2) is 26.2 Å². The first-order chi connectivity index (χ1) is 6.74. The molecule has 0 saturated carbocycles. The maximum absolute atomic E-state index is 12.5. The average molecular weight is 197 g/mol. The Labute approximate surface area is 81.9 Å². The van der Waals surface area contributed by atoms with Crippen LogP contribution in [0.3, 0.4) is 0 Å². The highest BCUT2D eigenvalue weighted by Crippen LogP contribution is 2.03. The molecule has 0 saturated heterocycles. The molecule has 0 unspecified atom stereocenters. The summed E-state index contributed by atoms with van der Waals surface area (Å²) in [4.78, 5) is 11.3. The lowest BCUT2D eigenvalue weighted by molar-refractivity contribution is 0.0510. The number of ether oxygens (including phenoxy) is 1. The molecule has 0 atom stereocenters. The van der Waals surface area contributed by atoms with Gasteiger partial charge in [-0.2, -0.15) is 0 Å². The van der Waals surface area contributed by atoms with Crippen molar-refractivity contribution in [2.45, 2.75) is 0 Å². The summed E-state index contributed by atoms with van der Waals surface area (Å²) in [6.07, 6.45) is 0. The first-order valence-electron chi connectivity index (χ1n) is 4.31. The molecule has 1 N–H and O–H groups in total. The number of halogens is 1. The summed E-state index contributed by atoms with van der Waals surface area (Å²) in [5.74, 6) is -0.794. The Kier molecular flexibility index (Phi) is 4.07. The van der Waals surface area contributed by atoms with Gasteiger partial charge in [-0.25, -0.2) is 9.18 Å². The molecule has 0 heterocycles. The molecule has 76 valence electrons. The van der Waals surface area contributed by atoms with Crippen LogP contribution < -0.4 is 5.32 Å². The number of nitrogens with one attached hydrogen (secondary N) is 1. The normalized spacial score (nSPS) is 9.86. The Bertz CT molecular complexity index is 297.